The second-order valence-corrected chi connectivity index (χ2v) is 8.06. The molecule has 0 amide bonds. The summed E-state index contributed by atoms with van der Waals surface area (Å²) in [6.07, 6.45) is 0. The van der Waals surface area contributed by atoms with Gasteiger partial charge in [0.15, 0.2) is 0 Å². The normalized spacial score (nSPS) is 27.4. The molecule has 1 saturated heterocycles. The minimum absolute atomic E-state index is 0.214. The van der Waals surface area contributed by atoms with Gasteiger partial charge < -0.3 is 0 Å². The molecule has 0 aromatic heterocycles. The number of benzene rings is 1. The molecule has 2 bridgehead atoms. The number of rotatable bonds is 0. The van der Waals surface area contributed by atoms with Crippen LogP contribution in [0.2, 0.25) is 0 Å². The molecule has 0 spiro atoms. The second-order valence-electron chi connectivity index (χ2n) is 4.59. The molecular formula is C14H6N4Te. The Morgan fingerprint density at radius 3 is 1.47 bits per heavy atom. The summed E-state index contributed by atoms with van der Waals surface area (Å²) in [5.41, 5.74) is -1.01. The predicted molar refractivity (Wildman–Crippen MR) is 65.0 cm³/mol. The summed E-state index contributed by atoms with van der Waals surface area (Å²) in [7, 11) is 0. The molecule has 0 N–H and O–H groups in total. The Balaban J connectivity index is 2.38. The average Bonchev–Trinajstić information content (AvgIpc) is 2.99. The first-order valence-electron chi connectivity index (χ1n) is 5.60. The quantitative estimate of drug-likeness (QED) is 0.658. The van der Waals surface area contributed by atoms with Crippen molar-refractivity contribution in [2.24, 2.45) is 10.8 Å². The Hall–Kier alpha value is -2.03. The van der Waals surface area contributed by atoms with Crippen LogP contribution in [0.3, 0.4) is 0 Å². The number of nitrogens with zero attached hydrogens (tertiary/aromatic N) is 4. The van der Waals surface area contributed by atoms with E-state index in [1.165, 1.54) is 0 Å². The molecule has 5 heteroatoms. The Morgan fingerprint density at radius 2 is 1.16 bits per heavy atom. The van der Waals surface area contributed by atoms with Crippen molar-refractivity contribution in [1.29, 1.82) is 21.0 Å². The third kappa shape index (κ3) is 1.07. The summed E-state index contributed by atoms with van der Waals surface area (Å²) >= 11 is -0.802. The monoisotopic (exact) mass is 360 g/mol. The van der Waals surface area contributed by atoms with Gasteiger partial charge in [0.05, 0.1) is 0 Å². The molecule has 19 heavy (non-hydrogen) atoms. The molecule has 4 nitrogen and oxygen atoms in total. The summed E-state index contributed by atoms with van der Waals surface area (Å²) in [5, 5.41) is 38.0. The predicted octanol–water partition coefficient (Wildman–Crippen LogP) is 1.57. The fraction of sp³-hybridized carbons (Fsp3) is 0.286. The van der Waals surface area contributed by atoms with Crippen LogP contribution in [-0.2, 0) is 0 Å². The molecule has 3 rings (SSSR count). The zero-order chi connectivity index (χ0) is 13.7. The maximum atomic E-state index is 9.51. The van der Waals surface area contributed by atoms with Crippen LogP contribution in [0.1, 0.15) is 19.1 Å². The third-order valence-corrected chi connectivity index (χ3v) is 8.97. The van der Waals surface area contributed by atoms with E-state index >= 15 is 0 Å². The standard InChI is InChI=1S/C14H6N4Te/c15-5-13(6-16)11-9-3-1-2-4-10(9)12(19-11)14(13,7-17)8-18/h1-4,11-12H. The summed E-state index contributed by atoms with van der Waals surface area (Å²) in [5.74, 6) is 0. The molecule has 0 saturated carbocycles. The van der Waals surface area contributed by atoms with E-state index in [9.17, 15) is 21.0 Å². The molecule has 2 atom stereocenters. The van der Waals surface area contributed by atoms with Gasteiger partial charge in [-0.25, -0.2) is 0 Å². The molecule has 2 aliphatic heterocycles. The first-order chi connectivity index (χ1) is 9.20. The molecule has 2 aliphatic rings. The van der Waals surface area contributed by atoms with Crippen molar-refractivity contribution in [3.8, 4) is 24.3 Å². The first-order valence-corrected chi connectivity index (χ1v) is 8.29. The summed E-state index contributed by atoms with van der Waals surface area (Å²) in [6.45, 7) is 0. The van der Waals surface area contributed by atoms with Crippen molar-refractivity contribution in [3.63, 3.8) is 0 Å². The average molecular weight is 358 g/mol. The number of hydrogen-bond donors (Lipinski definition) is 0. The molecule has 1 aromatic rings. The molecule has 2 heterocycles. The maximum absolute atomic E-state index is 9.51. The molecule has 1 aromatic carbocycles. The summed E-state index contributed by atoms with van der Waals surface area (Å²) in [6, 6.07) is 15.7. The fourth-order valence-corrected chi connectivity index (χ4v) is 8.66. The Bertz CT molecular complexity index is 649. The van der Waals surface area contributed by atoms with Crippen LogP contribution in [0.15, 0.2) is 24.3 Å². The van der Waals surface area contributed by atoms with Crippen molar-refractivity contribution in [2.75, 3.05) is 0 Å². The Kier molecular flexibility index (Phi) is 2.36. The van der Waals surface area contributed by atoms with Crippen LogP contribution < -0.4 is 0 Å². The van der Waals surface area contributed by atoms with Gasteiger partial charge in [0.1, 0.15) is 0 Å². The van der Waals surface area contributed by atoms with Crippen LogP contribution in [0, 0.1) is 56.2 Å². The van der Waals surface area contributed by atoms with Gasteiger partial charge in [0.2, 0.25) is 0 Å². The Morgan fingerprint density at radius 1 is 0.789 bits per heavy atom. The molecule has 0 aliphatic carbocycles. The molecule has 2 unspecified atom stereocenters. The zero-order valence-corrected chi connectivity index (χ0v) is 12.0. The number of fused-ring (bicyclic) bond motifs is 5. The minimum atomic E-state index is -1.50. The molecular weight excluding hydrogens is 352 g/mol. The van der Waals surface area contributed by atoms with Crippen molar-refractivity contribution >= 4 is 20.9 Å². The van der Waals surface area contributed by atoms with Gasteiger partial charge in [-0.05, 0) is 0 Å². The second kappa shape index (κ2) is 3.73. The molecule has 0 radical (unpaired) electrons. The van der Waals surface area contributed by atoms with E-state index in [0.29, 0.717) is 0 Å². The van der Waals surface area contributed by atoms with Gasteiger partial charge in [-0.3, -0.25) is 0 Å². The van der Waals surface area contributed by atoms with E-state index in [-0.39, 0.29) is 7.93 Å². The van der Waals surface area contributed by atoms with Crippen molar-refractivity contribution < 1.29 is 0 Å². The number of hydrogen-bond acceptors (Lipinski definition) is 4. The van der Waals surface area contributed by atoms with Crippen LogP contribution in [0.25, 0.3) is 0 Å². The van der Waals surface area contributed by atoms with Gasteiger partial charge in [-0.15, -0.1) is 0 Å². The van der Waals surface area contributed by atoms with E-state index in [2.05, 4.69) is 0 Å². The van der Waals surface area contributed by atoms with E-state index < -0.39 is 31.8 Å². The van der Waals surface area contributed by atoms with Crippen LogP contribution >= 0.6 is 0 Å². The van der Waals surface area contributed by atoms with Crippen LogP contribution in [0.4, 0.5) is 0 Å². The summed E-state index contributed by atoms with van der Waals surface area (Å²) < 4.78 is -0.429. The van der Waals surface area contributed by atoms with Crippen LogP contribution in [0.5, 0.6) is 0 Å². The SMILES string of the molecule is N#CC1(C#N)C2[Te]C(c3ccccc32)C1(C#N)C#N. The molecule has 88 valence electrons. The van der Waals surface area contributed by atoms with E-state index in [1.54, 1.807) is 0 Å². The fourth-order valence-electron chi connectivity index (χ4n) is 2.99. The van der Waals surface area contributed by atoms with Gasteiger partial charge in [0.25, 0.3) is 0 Å². The topological polar surface area (TPSA) is 95.2 Å². The third-order valence-electron chi connectivity index (χ3n) is 3.95. The van der Waals surface area contributed by atoms with E-state index in [0.717, 1.165) is 11.1 Å². The van der Waals surface area contributed by atoms with Gasteiger partial charge >= 0.3 is 120 Å². The number of nitriles is 4. The van der Waals surface area contributed by atoms with E-state index in [1.807, 2.05) is 48.5 Å². The zero-order valence-electron chi connectivity index (χ0n) is 9.66. The van der Waals surface area contributed by atoms with Crippen molar-refractivity contribution in [2.45, 2.75) is 7.93 Å². The van der Waals surface area contributed by atoms with Crippen molar-refractivity contribution in [3.05, 3.63) is 35.4 Å². The Labute approximate surface area is 120 Å². The van der Waals surface area contributed by atoms with Gasteiger partial charge in [0, 0.05) is 0 Å². The summed E-state index contributed by atoms with van der Waals surface area (Å²) in [4.78, 5) is 0. The molecule has 1 fully saturated rings. The first kappa shape index (κ1) is 12.0. The van der Waals surface area contributed by atoms with Gasteiger partial charge in [-0.1, -0.05) is 0 Å². The van der Waals surface area contributed by atoms with Gasteiger partial charge in [-0.2, -0.15) is 0 Å². The van der Waals surface area contributed by atoms with E-state index in [4.69, 9.17) is 0 Å². The van der Waals surface area contributed by atoms with Crippen molar-refractivity contribution in [1.82, 2.24) is 0 Å². The van der Waals surface area contributed by atoms with Crippen LogP contribution in [-0.4, -0.2) is 20.9 Å².